The maximum absolute atomic E-state index is 5.85. The van der Waals surface area contributed by atoms with Crippen molar-refractivity contribution in [1.29, 1.82) is 0 Å². The van der Waals surface area contributed by atoms with Gasteiger partial charge in [0.2, 0.25) is 0 Å². The summed E-state index contributed by atoms with van der Waals surface area (Å²) in [6.07, 6.45) is 16.2. The highest BCUT2D eigenvalue weighted by atomic mass is 16.6. The van der Waals surface area contributed by atoms with E-state index < -0.39 is 0 Å². The SMILES string of the molecule is C=C[C@]12CCCCCCCCCC[C@@H]1O2. The van der Waals surface area contributed by atoms with E-state index in [-0.39, 0.29) is 5.60 Å². The van der Waals surface area contributed by atoms with Gasteiger partial charge in [-0.05, 0) is 12.8 Å². The maximum Gasteiger partial charge on any atom is 0.113 e. The molecule has 2 aliphatic rings. The van der Waals surface area contributed by atoms with Crippen LogP contribution in [0.2, 0.25) is 0 Å². The van der Waals surface area contributed by atoms with E-state index >= 15 is 0 Å². The molecule has 86 valence electrons. The predicted octanol–water partition coefficient (Wildman–Crippen LogP) is 4.22. The van der Waals surface area contributed by atoms with Crippen molar-refractivity contribution in [3.63, 3.8) is 0 Å². The Morgan fingerprint density at radius 1 is 0.933 bits per heavy atom. The molecule has 15 heavy (non-hydrogen) atoms. The first-order valence-corrected chi connectivity index (χ1v) is 6.69. The van der Waals surface area contributed by atoms with Crippen LogP contribution in [0.3, 0.4) is 0 Å². The molecule has 0 radical (unpaired) electrons. The summed E-state index contributed by atoms with van der Waals surface area (Å²) < 4.78 is 5.85. The Hall–Kier alpha value is -0.300. The first-order chi connectivity index (χ1) is 7.37. The van der Waals surface area contributed by atoms with Crippen molar-refractivity contribution in [2.75, 3.05) is 0 Å². The number of epoxide rings is 1. The Morgan fingerprint density at radius 3 is 2.20 bits per heavy atom. The Bertz CT molecular complexity index is 211. The molecular weight excluding hydrogens is 184 g/mol. The van der Waals surface area contributed by atoms with E-state index in [0.717, 1.165) is 0 Å². The van der Waals surface area contributed by atoms with Crippen LogP contribution in [0.4, 0.5) is 0 Å². The quantitative estimate of drug-likeness (QED) is 0.464. The number of fused-ring (bicyclic) bond motifs is 1. The van der Waals surface area contributed by atoms with Crippen LogP contribution in [-0.2, 0) is 4.74 Å². The summed E-state index contributed by atoms with van der Waals surface area (Å²) in [6.45, 7) is 3.94. The minimum absolute atomic E-state index is 0.0964. The third-order valence-electron chi connectivity index (χ3n) is 3.98. The van der Waals surface area contributed by atoms with Crippen LogP contribution in [0.15, 0.2) is 12.7 Å². The fourth-order valence-electron chi connectivity index (χ4n) is 2.83. The molecule has 0 amide bonds. The molecule has 1 aliphatic carbocycles. The van der Waals surface area contributed by atoms with Gasteiger partial charge in [-0.2, -0.15) is 0 Å². The standard InChI is InChI=1S/C14H24O/c1-2-14-12-10-8-6-4-3-5-7-9-11-13(14)15-14/h2,13H,1,3-12H2/t13-,14-/m0/s1. The lowest BCUT2D eigenvalue weighted by Crippen LogP contribution is -2.11. The fraction of sp³-hybridized carbons (Fsp3) is 0.857. The van der Waals surface area contributed by atoms with E-state index in [4.69, 9.17) is 4.74 Å². The van der Waals surface area contributed by atoms with Gasteiger partial charge in [0, 0.05) is 0 Å². The van der Waals surface area contributed by atoms with Gasteiger partial charge in [-0.1, -0.05) is 57.4 Å². The summed E-state index contributed by atoms with van der Waals surface area (Å²) >= 11 is 0. The number of rotatable bonds is 1. The van der Waals surface area contributed by atoms with Crippen molar-refractivity contribution in [3.8, 4) is 0 Å². The molecule has 0 N–H and O–H groups in total. The lowest BCUT2D eigenvalue weighted by atomic mass is 9.93. The van der Waals surface area contributed by atoms with Crippen molar-refractivity contribution < 1.29 is 4.74 Å². The van der Waals surface area contributed by atoms with E-state index in [0.29, 0.717) is 6.10 Å². The molecule has 0 unspecified atom stereocenters. The Balaban J connectivity index is 1.81. The Kier molecular flexibility index (Phi) is 3.85. The molecule has 1 nitrogen and oxygen atoms in total. The largest absolute Gasteiger partial charge is 0.362 e. The zero-order chi connectivity index (χ0) is 10.6. The second kappa shape index (κ2) is 5.16. The molecular formula is C14H24O. The number of hydrogen-bond acceptors (Lipinski definition) is 1. The summed E-state index contributed by atoms with van der Waals surface area (Å²) in [5.74, 6) is 0. The summed E-state index contributed by atoms with van der Waals surface area (Å²) in [7, 11) is 0. The smallest absolute Gasteiger partial charge is 0.113 e. The van der Waals surface area contributed by atoms with Gasteiger partial charge in [0.25, 0.3) is 0 Å². The summed E-state index contributed by atoms with van der Waals surface area (Å²) in [4.78, 5) is 0. The average Bonchev–Trinajstić information content (AvgIpc) is 2.93. The summed E-state index contributed by atoms with van der Waals surface area (Å²) in [5.41, 5.74) is 0.0964. The first-order valence-electron chi connectivity index (χ1n) is 6.69. The van der Waals surface area contributed by atoms with Gasteiger partial charge in [-0.3, -0.25) is 0 Å². The third-order valence-corrected chi connectivity index (χ3v) is 3.98. The van der Waals surface area contributed by atoms with Crippen molar-refractivity contribution in [3.05, 3.63) is 12.7 Å². The van der Waals surface area contributed by atoms with E-state index in [2.05, 4.69) is 12.7 Å². The molecule has 0 aromatic rings. The molecule has 2 rings (SSSR count). The van der Waals surface area contributed by atoms with Gasteiger partial charge >= 0.3 is 0 Å². The van der Waals surface area contributed by atoms with Gasteiger partial charge in [0.1, 0.15) is 5.60 Å². The highest BCUT2D eigenvalue weighted by molar-refractivity contribution is 5.13. The zero-order valence-electron chi connectivity index (χ0n) is 9.84. The van der Waals surface area contributed by atoms with Crippen molar-refractivity contribution in [2.24, 2.45) is 0 Å². The average molecular weight is 208 g/mol. The van der Waals surface area contributed by atoms with E-state index in [1.54, 1.807) is 0 Å². The van der Waals surface area contributed by atoms with Crippen molar-refractivity contribution in [2.45, 2.75) is 75.9 Å². The molecule has 0 aromatic heterocycles. The number of ether oxygens (including phenoxy) is 1. The second-order valence-electron chi connectivity index (χ2n) is 5.13. The minimum atomic E-state index is 0.0964. The van der Waals surface area contributed by atoms with Gasteiger partial charge in [-0.25, -0.2) is 0 Å². The minimum Gasteiger partial charge on any atom is -0.362 e. The van der Waals surface area contributed by atoms with Crippen LogP contribution in [0.25, 0.3) is 0 Å². The van der Waals surface area contributed by atoms with E-state index in [1.165, 1.54) is 64.2 Å². The fourth-order valence-corrected chi connectivity index (χ4v) is 2.83. The van der Waals surface area contributed by atoms with Crippen LogP contribution >= 0.6 is 0 Å². The van der Waals surface area contributed by atoms with Gasteiger partial charge in [0.05, 0.1) is 6.10 Å². The van der Waals surface area contributed by atoms with E-state index in [1.807, 2.05) is 0 Å². The van der Waals surface area contributed by atoms with Gasteiger partial charge in [0.15, 0.2) is 0 Å². The van der Waals surface area contributed by atoms with Crippen molar-refractivity contribution in [1.82, 2.24) is 0 Å². The monoisotopic (exact) mass is 208 g/mol. The Labute approximate surface area is 93.9 Å². The van der Waals surface area contributed by atoms with E-state index in [9.17, 15) is 0 Å². The van der Waals surface area contributed by atoms with Crippen molar-refractivity contribution >= 4 is 0 Å². The second-order valence-corrected chi connectivity index (χ2v) is 5.13. The maximum atomic E-state index is 5.85. The molecule has 0 aromatic carbocycles. The molecule has 0 bridgehead atoms. The zero-order valence-corrected chi connectivity index (χ0v) is 9.84. The first kappa shape index (κ1) is 11.2. The highest BCUT2D eigenvalue weighted by Crippen LogP contribution is 2.45. The number of hydrogen-bond donors (Lipinski definition) is 0. The molecule has 2 fully saturated rings. The topological polar surface area (TPSA) is 12.5 Å². The lowest BCUT2D eigenvalue weighted by Gasteiger charge is -2.09. The van der Waals surface area contributed by atoms with Gasteiger partial charge in [-0.15, -0.1) is 6.58 Å². The lowest BCUT2D eigenvalue weighted by molar-refractivity contribution is 0.309. The molecule has 1 aliphatic heterocycles. The van der Waals surface area contributed by atoms with Crippen LogP contribution in [0, 0.1) is 0 Å². The highest BCUT2D eigenvalue weighted by Gasteiger charge is 2.52. The molecule has 1 saturated carbocycles. The van der Waals surface area contributed by atoms with Crippen LogP contribution in [0.5, 0.6) is 0 Å². The molecule has 1 heteroatoms. The molecule has 2 atom stereocenters. The summed E-state index contributed by atoms with van der Waals surface area (Å²) in [5, 5.41) is 0. The molecule has 1 saturated heterocycles. The summed E-state index contributed by atoms with van der Waals surface area (Å²) in [6, 6.07) is 0. The molecule has 0 spiro atoms. The third kappa shape index (κ3) is 2.84. The normalized spacial score (nSPS) is 38.3. The molecule has 1 heterocycles. The van der Waals surface area contributed by atoms with Crippen LogP contribution in [0.1, 0.15) is 64.2 Å². The Morgan fingerprint density at radius 2 is 1.53 bits per heavy atom. The predicted molar refractivity (Wildman–Crippen MR) is 64.0 cm³/mol. The van der Waals surface area contributed by atoms with Crippen LogP contribution < -0.4 is 0 Å². The van der Waals surface area contributed by atoms with Gasteiger partial charge < -0.3 is 4.74 Å². The van der Waals surface area contributed by atoms with Crippen LogP contribution in [-0.4, -0.2) is 11.7 Å².